The minimum absolute atomic E-state index is 0.516. The summed E-state index contributed by atoms with van der Waals surface area (Å²) in [6, 6.07) is 36.5. The second-order valence-corrected chi connectivity index (χ2v) is 11.7. The Labute approximate surface area is 243 Å². The van der Waals surface area contributed by atoms with Crippen molar-refractivity contribution in [2.45, 2.75) is 76.0 Å². The van der Waals surface area contributed by atoms with Crippen molar-refractivity contribution < 1.29 is 0 Å². The quantitative estimate of drug-likeness (QED) is 0.206. The van der Waals surface area contributed by atoms with Gasteiger partial charge in [0.1, 0.15) is 0 Å². The maximum Gasteiger partial charge on any atom is 0.161 e. The lowest BCUT2D eigenvalue weighted by Gasteiger charge is -2.22. The summed E-state index contributed by atoms with van der Waals surface area (Å²) in [5.74, 6) is 2.88. The zero-order valence-corrected chi connectivity index (χ0v) is 23.8. The van der Waals surface area contributed by atoms with Crippen molar-refractivity contribution in [2.24, 2.45) is 0 Å². The van der Waals surface area contributed by atoms with E-state index in [0.29, 0.717) is 11.8 Å². The maximum absolute atomic E-state index is 5.33. The van der Waals surface area contributed by atoms with Crippen LogP contribution in [0.5, 0.6) is 0 Å². The van der Waals surface area contributed by atoms with Crippen molar-refractivity contribution in [1.82, 2.24) is 19.6 Å². The highest BCUT2D eigenvalue weighted by Gasteiger charge is 2.28. The van der Waals surface area contributed by atoms with Crippen molar-refractivity contribution in [3.63, 3.8) is 0 Å². The summed E-state index contributed by atoms with van der Waals surface area (Å²) in [6.45, 7) is 0. The molecule has 0 saturated heterocycles. The molecule has 0 N–H and O–H groups in total. The van der Waals surface area contributed by atoms with Gasteiger partial charge in [-0.2, -0.15) is 0 Å². The van der Waals surface area contributed by atoms with E-state index in [2.05, 4.69) is 117 Å². The lowest BCUT2D eigenvalue weighted by Crippen LogP contribution is -2.13. The van der Waals surface area contributed by atoms with E-state index in [1.54, 1.807) is 0 Å². The van der Waals surface area contributed by atoms with Crippen molar-refractivity contribution in [3.05, 3.63) is 115 Å². The molecular weight excluding hydrogens is 502 g/mol. The van der Waals surface area contributed by atoms with Gasteiger partial charge in [-0.15, -0.1) is 10.2 Å². The highest BCUT2D eigenvalue weighted by atomic mass is 15.4. The van der Waals surface area contributed by atoms with Gasteiger partial charge in [0.05, 0.1) is 11.4 Å². The molecule has 5 aromatic rings. The maximum atomic E-state index is 5.33. The van der Waals surface area contributed by atoms with Crippen molar-refractivity contribution in [3.8, 4) is 11.4 Å². The molecule has 0 radical (unpaired) electrons. The van der Waals surface area contributed by atoms with Crippen LogP contribution in [0.4, 0.5) is 17.3 Å². The third-order valence-corrected chi connectivity index (χ3v) is 8.97. The molecule has 0 amide bonds. The van der Waals surface area contributed by atoms with Gasteiger partial charge >= 0.3 is 0 Å². The van der Waals surface area contributed by atoms with E-state index in [1.807, 2.05) is 0 Å². The van der Waals surface area contributed by atoms with Crippen LogP contribution in [0.1, 0.15) is 87.4 Å². The summed E-state index contributed by atoms with van der Waals surface area (Å²) in [5, 5.41) is 10.7. The number of nitrogens with zero attached hydrogens (tertiary/aromatic N) is 5. The molecule has 2 aliphatic carbocycles. The Hall–Kier alpha value is -4.12. The van der Waals surface area contributed by atoms with E-state index in [9.17, 15) is 0 Å². The molecule has 3 aromatic carbocycles. The Morgan fingerprint density at radius 3 is 1.29 bits per heavy atom. The third-order valence-electron chi connectivity index (χ3n) is 8.97. The summed E-state index contributed by atoms with van der Waals surface area (Å²) in [5.41, 5.74) is 5.92. The first-order valence-corrected chi connectivity index (χ1v) is 15.5. The number of hydrogen-bond donors (Lipinski definition) is 0. The Balaban J connectivity index is 1.39. The van der Waals surface area contributed by atoms with Crippen molar-refractivity contribution >= 4 is 17.3 Å². The molecule has 0 bridgehead atoms. The predicted octanol–water partition coefficient (Wildman–Crippen LogP) is 9.62. The van der Waals surface area contributed by atoms with Crippen LogP contribution in [-0.2, 0) is 0 Å². The Bertz CT molecular complexity index is 1440. The molecular formula is C36H39N5. The van der Waals surface area contributed by atoms with Gasteiger partial charge in [0.15, 0.2) is 11.6 Å². The van der Waals surface area contributed by atoms with Gasteiger partial charge in [0.25, 0.3) is 0 Å². The van der Waals surface area contributed by atoms with Crippen LogP contribution in [0, 0.1) is 0 Å². The van der Waals surface area contributed by atoms with Crippen molar-refractivity contribution in [1.29, 1.82) is 0 Å². The van der Waals surface area contributed by atoms with Crippen LogP contribution in [0.3, 0.4) is 0 Å². The van der Waals surface area contributed by atoms with Crippen LogP contribution < -0.4 is 4.90 Å². The molecule has 2 fully saturated rings. The van der Waals surface area contributed by atoms with E-state index in [4.69, 9.17) is 10.2 Å². The van der Waals surface area contributed by atoms with Gasteiger partial charge in [0, 0.05) is 41.0 Å². The van der Waals surface area contributed by atoms with Gasteiger partial charge in [-0.25, -0.2) is 9.36 Å². The first-order chi connectivity index (χ1) is 20.3. The number of anilines is 3. The molecule has 208 valence electrons. The van der Waals surface area contributed by atoms with E-state index >= 15 is 0 Å². The topological polar surface area (TPSA) is 38.9 Å². The highest BCUT2D eigenvalue weighted by molar-refractivity contribution is 5.73. The molecule has 2 saturated carbocycles. The van der Waals surface area contributed by atoms with Crippen LogP contribution >= 0.6 is 0 Å². The first-order valence-electron chi connectivity index (χ1n) is 15.5. The molecule has 2 aliphatic rings. The largest absolute Gasteiger partial charge is 0.276 e. The zero-order chi connectivity index (χ0) is 27.4. The number of aromatic nitrogens is 4. The van der Waals surface area contributed by atoms with Crippen LogP contribution in [0.2, 0.25) is 0 Å². The fraction of sp³-hybridized carbons (Fsp3) is 0.333. The zero-order valence-electron chi connectivity index (χ0n) is 23.8. The number of para-hydroxylation sites is 3. The number of benzene rings is 3. The van der Waals surface area contributed by atoms with Gasteiger partial charge in [0.2, 0.25) is 0 Å². The SMILES string of the molecule is c1ccc(N(c2cc(C3CCCCC3)n(-c3ccccc3)n2)c2cc(C3CCCCC3)n(-c3ccccc3)n2)cc1. The fourth-order valence-electron chi connectivity index (χ4n) is 6.87. The standard InChI is InChI=1S/C36H39N5/c1-6-16-28(17-7-1)33-26-35(37-40(33)31-22-12-4-13-23-31)39(30-20-10-3-11-21-30)36-27-34(29-18-8-2-9-19-29)41(38-36)32-24-14-5-15-25-32/h3-5,10-15,20-29H,1-2,6-9,16-19H2. The monoisotopic (exact) mass is 541 g/mol. The molecule has 2 heterocycles. The highest BCUT2D eigenvalue weighted by Crippen LogP contribution is 2.41. The smallest absolute Gasteiger partial charge is 0.161 e. The van der Waals surface area contributed by atoms with Gasteiger partial charge in [-0.3, -0.25) is 4.90 Å². The summed E-state index contributed by atoms with van der Waals surface area (Å²) >= 11 is 0. The molecule has 0 aliphatic heterocycles. The molecule has 5 heteroatoms. The second-order valence-electron chi connectivity index (χ2n) is 11.7. The van der Waals surface area contributed by atoms with Crippen LogP contribution in [-0.4, -0.2) is 19.6 Å². The van der Waals surface area contributed by atoms with Crippen LogP contribution in [0.25, 0.3) is 11.4 Å². The fourth-order valence-corrected chi connectivity index (χ4v) is 6.87. The first kappa shape index (κ1) is 25.8. The molecule has 2 aromatic heterocycles. The minimum Gasteiger partial charge on any atom is -0.276 e. The Kier molecular flexibility index (Phi) is 7.42. The lowest BCUT2D eigenvalue weighted by atomic mass is 9.86. The average Bonchev–Trinajstić information content (AvgIpc) is 3.69. The minimum atomic E-state index is 0.516. The molecule has 41 heavy (non-hydrogen) atoms. The van der Waals surface area contributed by atoms with E-state index in [0.717, 1.165) is 28.7 Å². The third kappa shape index (κ3) is 5.33. The summed E-state index contributed by atoms with van der Waals surface area (Å²) in [4.78, 5) is 2.26. The average molecular weight is 542 g/mol. The number of hydrogen-bond acceptors (Lipinski definition) is 3. The molecule has 0 spiro atoms. The molecule has 5 nitrogen and oxygen atoms in total. The summed E-state index contributed by atoms with van der Waals surface area (Å²) in [7, 11) is 0. The summed E-state index contributed by atoms with van der Waals surface area (Å²) in [6.07, 6.45) is 12.7. The molecule has 0 unspecified atom stereocenters. The van der Waals surface area contributed by atoms with Gasteiger partial charge < -0.3 is 0 Å². The van der Waals surface area contributed by atoms with Crippen LogP contribution in [0.15, 0.2) is 103 Å². The Morgan fingerprint density at radius 2 is 0.878 bits per heavy atom. The second kappa shape index (κ2) is 11.8. The lowest BCUT2D eigenvalue weighted by molar-refractivity contribution is 0.430. The Morgan fingerprint density at radius 1 is 0.488 bits per heavy atom. The van der Waals surface area contributed by atoms with E-state index in [-0.39, 0.29) is 0 Å². The normalized spacial score (nSPS) is 16.6. The molecule has 0 atom stereocenters. The number of rotatable bonds is 7. The van der Waals surface area contributed by atoms with E-state index < -0.39 is 0 Å². The van der Waals surface area contributed by atoms with Crippen molar-refractivity contribution in [2.75, 3.05) is 4.90 Å². The van der Waals surface area contributed by atoms with Gasteiger partial charge in [-0.05, 0) is 62.1 Å². The molecule has 7 rings (SSSR count). The predicted molar refractivity (Wildman–Crippen MR) is 167 cm³/mol. The summed E-state index contributed by atoms with van der Waals surface area (Å²) < 4.78 is 4.38. The van der Waals surface area contributed by atoms with E-state index in [1.165, 1.54) is 75.6 Å². The van der Waals surface area contributed by atoms with Gasteiger partial charge in [-0.1, -0.05) is 93.1 Å².